The highest BCUT2D eigenvalue weighted by atomic mass is 16.5. The number of rotatable bonds is 2. The summed E-state index contributed by atoms with van der Waals surface area (Å²) in [7, 11) is 1.57. The quantitative estimate of drug-likeness (QED) is 0.261. The third kappa shape index (κ3) is 3.14. The maximum absolute atomic E-state index is 8.05. The van der Waals surface area contributed by atoms with E-state index in [1.165, 1.54) is 0 Å². The van der Waals surface area contributed by atoms with Crippen LogP contribution in [0.25, 0.3) is 10.4 Å². The van der Waals surface area contributed by atoms with E-state index in [9.17, 15) is 0 Å². The van der Waals surface area contributed by atoms with Gasteiger partial charge in [0.1, 0.15) is 5.75 Å². The van der Waals surface area contributed by atoms with Crippen LogP contribution < -0.4 is 10.5 Å². The number of anilines is 1. The van der Waals surface area contributed by atoms with Gasteiger partial charge >= 0.3 is 0 Å². The second-order valence-electron chi connectivity index (χ2n) is 2.64. The Morgan fingerprint density at radius 2 is 2.40 bits per heavy atom. The summed E-state index contributed by atoms with van der Waals surface area (Å²) in [6.07, 6.45) is 0. The lowest BCUT2D eigenvalue weighted by Crippen LogP contribution is -1.91. The van der Waals surface area contributed by atoms with Crippen molar-refractivity contribution in [2.45, 2.75) is 0 Å². The lowest BCUT2D eigenvalue weighted by atomic mass is 10.2. The van der Waals surface area contributed by atoms with E-state index in [1.54, 1.807) is 25.3 Å². The Bertz CT molecular complexity index is 452. The van der Waals surface area contributed by atoms with Gasteiger partial charge in [0.25, 0.3) is 0 Å². The van der Waals surface area contributed by atoms with Crippen molar-refractivity contribution in [3.05, 3.63) is 34.2 Å². The summed E-state index contributed by atoms with van der Waals surface area (Å²) in [6.45, 7) is 0.132. The minimum atomic E-state index is 0.132. The summed E-state index contributed by atoms with van der Waals surface area (Å²) >= 11 is 0. The molecule has 0 saturated carbocycles. The maximum Gasteiger partial charge on any atom is 0.120 e. The van der Waals surface area contributed by atoms with Crippen molar-refractivity contribution >= 4 is 5.69 Å². The van der Waals surface area contributed by atoms with Gasteiger partial charge in [0.05, 0.1) is 19.2 Å². The molecule has 0 spiro atoms. The molecule has 0 amide bonds. The number of nitrogen functional groups attached to an aromatic ring is 1. The monoisotopic (exact) mass is 202 g/mol. The lowest BCUT2D eigenvalue weighted by molar-refractivity contribution is 0.415. The molecule has 0 saturated heterocycles. The largest absolute Gasteiger partial charge is 0.497 e. The van der Waals surface area contributed by atoms with Gasteiger partial charge in [-0.15, -0.1) is 0 Å². The van der Waals surface area contributed by atoms with Gasteiger partial charge in [-0.1, -0.05) is 17.0 Å². The highest BCUT2D eigenvalue weighted by Gasteiger charge is 1.97. The van der Waals surface area contributed by atoms with Crippen molar-refractivity contribution in [2.24, 2.45) is 5.11 Å². The van der Waals surface area contributed by atoms with Crippen molar-refractivity contribution in [1.82, 2.24) is 0 Å². The van der Waals surface area contributed by atoms with E-state index in [1.807, 2.05) is 0 Å². The Hall–Kier alpha value is -2.31. The zero-order valence-corrected chi connectivity index (χ0v) is 8.27. The molecular weight excluding hydrogens is 192 g/mol. The molecule has 1 aromatic rings. The molecule has 0 radical (unpaired) electrons. The number of nitrogens with zero attached hydrogens (tertiary/aromatic N) is 3. The SMILES string of the molecule is COc1ccc(N)c(C#CCN=[N+]=[N-])c1. The van der Waals surface area contributed by atoms with Gasteiger partial charge in [0.2, 0.25) is 0 Å². The first kappa shape index (κ1) is 10.8. The molecule has 2 N–H and O–H groups in total. The Labute approximate surface area is 87.5 Å². The van der Waals surface area contributed by atoms with Crippen LogP contribution in [-0.4, -0.2) is 13.7 Å². The zero-order chi connectivity index (χ0) is 11.1. The average molecular weight is 202 g/mol. The van der Waals surface area contributed by atoms with E-state index >= 15 is 0 Å². The molecule has 0 aliphatic carbocycles. The molecule has 1 rings (SSSR count). The maximum atomic E-state index is 8.05. The van der Waals surface area contributed by atoms with Crippen LogP contribution >= 0.6 is 0 Å². The molecule has 0 heterocycles. The van der Waals surface area contributed by atoms with Gasteiger partial charge < -0.3 is 10.5 Å². The molecule has 0 fully saturated rings. The Balaban J connectivity index is 2.90. The first-order chi connectivity index (χ1) is 7.27. The fraction of sp³-hybridized carbons (Fsp3) is 0.200. The van der Waals surface area contributed by atoms with Gasteiger partial charge in [-0.25, -0.2) is 0 Å². The molecular formula is C10H10N4O. The number of nitrogens with two attached hydrogens (primary N) is 1. The molecule has 5 heteroatoms. The second-order valence-corrected chi connectivity index (χ2v) is 2.64. The summed E-state index contributed by atoms with van der Waals surface area (Å²) in [5.74, 6) is 6.18. The van der Waals surface area contributed by atoms with Crippen LogP contribution in [0.2, 0.25) is 0 Å². The van der Waals surface area contributed by atoms with Crippen molar-refractivity contribution in [2.75, 3.05) is 19.4 Å². The van der Waals surface area contributed by atoms with Crippen LogP contribution in [0.1, 0.15) is 5.56 Å². The molecule has 0 aliphatic rings. The summed E-state index contributed by atoms with van der Waals surface area (Å²) in [6, 6.07) is 5.21. The highest BCUT2D eigenvalue weighted by Crippen LogP contribution is 2.18. The number of azide groups is 1. The second kappa shape index (κ2) is 5.43. The summed E-state index contributed by atoms with van der Waals surface area (Å²) in [4.78, 5) is 2.59. The van der Waals surface area contributed by atoms with Crippen molar-refractivity contribution in [1.29, 1.82) is 0 Å². The Kier molecular flexibility index (Phi) is 3.90. The van der Waals surface area contributed by atoms with Gasteiger partial charge in [-0.3, -0.25) is 0 Å². The summed E-state index contributed by atoms with van der Waals surface area (Å²) in [5.41, 5.74) is 15.0. The van der Waals surface area contributed by atoms with Gasteiger partial charge in [0, 0.05) is 10.6 Å². The minimum Gasteiger partial charge on any atom is -0.497 e. The first-order valence-corrected chi connectivity index (χ1v) is 4.21. The average Bonchev–Trinajstić information content (AvgIpc) is 2.26. The predicted molar refractivity (Wildman–Crippen MR) is 58.3 cm³/mol. The zero-order valence-electron chi connectivity index (χ0n) is 8.27. The van der Waals surface area contributed by atoms with E-state index in [4.69, 9.17) is 16.0 Å². The smallest absolute Gasteiger partial charge is 0.120 e. The number of benzene rings is 1. The van der Waals surface area contributed by atoms with Crippen LogP contribution in [0.5, 0.6) is 5.75 Å². The predicted octanol–water partition coefficient (Wildman–Crippen LogP) is 1.94. The molecule has 5 nitrogen and oxygen atoms in total. The van der Waals surface area contributed by atoms with Gasteiger partial charge in [-0.2, -0.15) is 0 Å². The summed E-state index contributed by atoms with van der Waals surface area (Å²) in [5, 5.41) is 3.29. The minimum absolute atomic E-state index is 0.132. The molecule has 0 unspecified atom stereocenters. The van der Waals surface area contributed by atoms with Crippen molar-refractivity contribution < 1.29 is 4.74 Å². The Morgan fingerprint density at radius 1 is 1.60 bits per heavy atom. The third-order valence-electron chi connectivity index (χ3n) is 1.70. The molecule has 0 aliphatic heterocycles. The topological polar surface area (TPSA) is 84.0 Å². The van der Waals surface area contributed by atoms with E-state index in [0.717, 1.165) is 0 Å². The van der Waals surface area contributed by atoms with Crippen LogP contribution in [0, 0.1) is 11.8 Å². The molecule has 15 heavy (non-hydrogen) atoms. The van der Waals surface area contributed by atoms with Crippen molar-refractivity contribution in [3.8, 4) is 17.6 Å². The van der Waals surface area contributed by atoms with E-state index in [-0.39, 0.29) is 6.54 Å². The van der Waals surface area contributed by atoms with Crippen LogP contribution in [0.4, 0.5) is 5.69 Å². The highest BCUT2D eigenvalue weighted by molar-refractivity contribution is 5.58. The third-order valence-corrected chi connectivity index (χ3v) is 1.70. The van der Waals surface area contributed by atoms with Crippen LogP contribution in [0.3, 0.4) is 0 Å². The number of methoxy groups -OCH3 is 1. The van der Waals surface area contributed by atoms with Crippen molar-refractivity contribution in [3.63, 3.8) is 0 Å². The molecule has 0 bridgehead atoms. The number of ether oxygens (including phenoxy) is 1. The van der Waals surface area contributed by atoms with Crippen LogP contribution in [0.15, 0.2) is 23.3 Å². The van der Waals surface area contributed by atoms with E-state index in [0.29, 0.717) is 17.0 Å². The van der Waals surface area contributed by atoms with E-state index < -0.39 is 0 Å². The van der Waals surface area contributed by atoms with Gasteiger partial charge in [0.15, 0.2) is 0 Å². The molecule has 76 valence electrons. The molecule has 1 aromatic carbocycles. The lowest BCUT2D eigenvalue weighted by Gasteiger charge is -2.02. The Morgan fingerprint density at radius 3 is 3.07 bits per heavy atom. The first-order valence-electron chi connectivity index (χ1n) is 4.21. The van der Waals surface area contributed by atoms with Crippen LogP contribution in [-0.2, 0) is 0 Å². The fourth-order valence-corrected chi connectivity index (χ4v) is 0.972. The molecule has 0 aromatic heterocycles. The normalized spacial score (nSPS) is 8.33. The summed E-state index contributed by atoms with van der Waals surface area (Å²) < 4.78 is 5.03. The molecule has 0 atom stereocenters. The van der Waals surface area contributed by atoms with Gasteiger partial charge in [-0.05, 0) is 23.7 Å². The number of hydrogen-bond acceptors (Lipinski definition) is 3. The number of hydrogen-bond donors (Lipinski definition) is 1. The fourth-order valence-electron chi connectivity index (χ4n) is 0.972. The standard InChI is InChI=1S/C10H10N4O/c1-15-9-4-5-10(11)8(7-9)3-2-6-13-14-12/h4-5,7H,6,11H2,1H3. The van der Waals surface area contributed by atoms with E-state index in [2.05, 4.69) is 21.9 Å².